The van der Waals surface area contributed by atoms with Crippen LogP contribution in [0.2, 0.25) is 0 Å². The summed E-state index contributed by atoms with van der Waals surface area (Å²) >= 11 is 0. The highest BCUT2D eigenvalue weighted by molar-refractivity contribution is 5.33. The van der Waals surface area contributed by atoms with Crippen LogP contribution in [0, 0.1) is 11.4 Å². The number of nitrogens with one attached hydrogen (secondary N) is 1. The van der Waals surface area contributed by atoms with Crippen LogP contribution in [0.1, 0.15) is 39.5 Å². The Labute approximate surface area is 95.5 Å². The van der Waals surface area contributed by atoms with Crippen LogP contribution >= 0.6 is 0 Å². The first-order chi connectivity index (χ1) is 7.55. The summed E-state index contributed by atoms with van der Waals surface area (Å²) in [5, 5.41) is 3.29. The van der Waals surface area contributed by atoms with E-state index in [9.17, 15) is 4.39 Å². The van der Waals surface area contributed by atoms with Gasteiger partial charge in [0.1, 0.15) is 12.1 Å². The molecule has 0 spiro atoms. The van der Waals surface area contributed by atoms with Gasteiger partial charge in [-0.2, -0.15) is 4.39 Å². The number of aromatic nitrogens is 2. The number of hydrogen-bond donors (Lipinski definition) is 1. The molecule has 1 aliphatic carbocycles. The quantitative estimate of drug-likeness (QED) is 0.783. The number of nitrogens with zero attached hydrogens (tertiary/aromatic N) is 2. The normalized spacial score (nSPS) is 24.1. The zero-order valence-electron chi connectivity index (χ0n) is 9.83. The molecule has 0 amide bonds. The largest absolute Gasteiger partial charge is 0.367 e. The molecule has 4 heteroatoms. The average molecular weight is 223 g/mol. The van der Waals surface area contributed by atoms with Gasteiger partial charge in [-0.15, -0.1) is 0 Å². The van der Waals surface area contributed by atoms with Crippen LogP contribution in [-0.2, 0) is 0 Å². The highest BCUT2D eigenvalue weighted by Gasteiger charge is 2.27. The third-order valence-electron chi connectivity index (χ3n) is 3.19. The summed E-state index contributed by atoms with van der Waals surface area (Å²) in [5.41, 5.74) is 0.376. The van der Waals surface area contributed by atoms with Gasteiger partial charge in [-0.25, -0.2) is 9.97 Å². The molecule has 16 heavy (non-hydrogen) atoms. The maximum absolute atomic E-state index is 12.9. The summed E-state index contributed by atoms with van der Waals surface area (Å²) in [6.07, 6.45) is 5.99. The van der Waals surface area contributed by atoms with Crippen molar-refractivity contribution in [1.82, 2.24) is 9.97 Å². The number of hydrogen-bond acceptors (Lipinski definition) is 3. The van der Waals surface area contributed by atoms with Gasteiger partial charge in [-0.05, 0) is 24.7 Å². The van der Waals surface area contributed by atoms with Gasteiger partial charge in [0.05, 0.1) is 0 Å². The monoisotopic (exact) mass is 223 g/mol. The minimum Gasteiger partial charge on any atom is -0.367 e. The molecule has 1 saturated carbocycles. The van der Waals surface area contributed by atoms with Crippen LogP contribution in [-0.4, -0.2) is 16.0 Å². The predicted octanol–water partition coefficient (Wildman–Crippen LogP) is 3.00. The lowest BCUT2D eigenvalue weighted by Gasteiger charge is -2.35. The molecule has 0 aromatic carbocycles. The van der Waals surface area contributed by atoms with E-state index < -0.39 is 5.95 Å². The molecule has 0 aliphatic heterocycles. The van der Waals surface area contributed by atoms with E-state index in [0.29, 0.717) is 17.3 Å². The molecule has 1 fully saturated rings. The summed E-state index contributed by atoms with van der Waals surface area (Å²) in [4.78, 5) is 7.46. The fourth-order valence-electron chi connectivity index (χ4n) is 2.44. The van der Waals surface area contributed by atoms with Crippen LogP contribution in [0.3, 0.4) is 0 Å². The molecular formula is C12H18FN3. The SMILES string of the molecule is CC1(C)CCCC(Nc2cc(F)ncn2)C1. The Hall–Kier alpha value is -1.19. The molecule has 88 valence electrons. The summed E-state index contributed by atoms with van der Waals surface area (Å²) in [7, 11) is 0. The lowest BCUT2D eigenvalue weighted by Crippen LogP contribution is -2.32. The lowest BCUT2D eigenvalue weighted by molar-refractivity contribution is 0.229. The van der Waals surface area contributed by atoms with Crippen LogP contribution in [0.4, 0.5) is 10.2 Å². The fraction of sp³-hybridized carbons (Fsp3) is 0.667. The van der Waals surface area contributed by atoms with Crippen molar-refractivity contribution in [3.8, 4) is 0 Å². The standard InChI is InChI=1S/C12H18FN3/c1-12(2)5-3-4-9(7-12)16-11-6-10(13)14-8-15-11/h6,8-9H,3-5,7H2,1-2H3,(H,14,15,16). The Kier molecular flexibility index (Phi) is 3.08. The Morgan fingerprint density at radius 1 is 1.44 bits per heavy atom. The maximum atomic E-state index is 12.9. The van der Waals surface area contributed by atoms with Gasteiger partial charge in [-0.1, -0.05) is 20.3 Å². The number of anilines is 1. The predicted molar refractivity (Wildman–Crippen MR) is 61.6 cm³/mol. The molecule has 3 nitrogen and oxygen atoms in total. The van der Waals surface area contributed by atoms with E-state index in [1.807, 2.05) is 0 Å². The van der Waals surface area contributed by atoms with Crippen LogP contribution in [0.25, 0.3) is 0 Å². The van der Waals surface area contributed by atoms with Crippen LogP contribution in [0.15, 0.2) is 12.4 Å². The number of rotatable bonds is 2. The van der Waals surface area contributed by atoms with Crippen molar-refractivity contribution in [1.29, 1.82) is 0 Å². The highest BCUT2D eigenvalue weighted by Crippen LogP contribution is 2.36. The second kappa shape index (κ2) is 4.36. The van der Waals surface area contributed by atoms with Gasteiger partial charge < -0.3 is 5.32 Å². The van der Waals surface area contributed by atoms with Crippen molar-refractivity contribution in [2.75, 3.05) is 5.32 Å². The van der Waals surface area contributed by atoms with E-state index in [1.54, 1.807) is 0 Å². The lowest BCUT2D eigenvalue weighted by atomic mass is 9.75. The molecule has 1 aromatic heterocycles. The Balaban J connectivity index is 1.99. The van der Waals surface area contributed by atoms with Crippen molar-refractivity contribution < 1.29 is 4.39 Å². The summed E-state index contributed by atoms with van der Waals surface area (Å²) in [5.74, 6) is 0.114. The zero-order valence-corrected chi connectivity index (χ0v) is 9.83. The minimum atomic E-state index is -0.479. The molecule has 1 N–H and O–H groups in total. The third kappa shape index (κ3) is 2.90. The van der Waals surface area contributed by atoms with Crippen LogP contribution in [0.5, 0.6) is 0 Å². The van der Waals surface area contributed by atoms with Crippen molar-refractivity contribution in [3.05, 3.63) is 18.3 Å². The van der Waals surface area contributed by atoms with Gasteiger partial charge >= 0.3 is 0 Å². The highest BCUT2D eigenvalue weighted by atomic mass is 19.1. The molecule has 1 atom stereocenters. The average Bonchev–Trinajstić information content (AvgIpc) is 2.15. The molecule has 1 heterocycles. The first-order valence-electron chi connectivity index (χ1n) is 5.79. The molecule has 2 rings (SSSR count). The smallest absolute Gasteiger partial charge is 0.217 e. The molecular weight excluding hydrogens is 205 g/mol. The van der Waals surface area contributed by atoms with Crippen LogP contribution < -0.4 is 5.32 Å². The van der Waals surface area contributed by atoms with Crippen molar-refractivity contribution in [2.45, 2.75) is 45.6 Å². The summed E-state index contributed by atoms with van der Waals surface area (Å²) in [6, 6.07) is 1.75. The Bertz CT molecular complexity index is 365. The first-order valence-corrected chi connectivity index (χ1v) is 5.79. The van der Waals surface area contributed by atoms with Crippen molar-refractivity contribution in [2.24, 2.45) is 5.41 Å². The third-order valence-corrected chi connectivity index (χ3v) is 3.19. The fourth-order valence-corrected chi connectivity index (χ4v) is 2.44. The van der Waals surface area contributed by atoms with E-state index in [1.165, 1.54) is 25.2 Å². The summed E-state index contributed by atoms with van der Waals surface area (Å²) < 4.78 is 12.9. The maximum Gasteiger partial charge on any atom is 0.217 e. The van der Waals surface area contributed by atoms with E-state index in [2.05, 4.69) is 29.1 Å². The van der Waals surface area contributed by atoms with Gasteiger partial charge in [0.2, 0.25) is 5.95 Å². The van der Waals surface area contributed by atoms with Gasteiger partial charge in [-0.3, -0.25) is 0 Å². The Morgan fingerprint density at radius 2 is 2.25 bits per heavy atom. The van der Waals surface area contributed by atoms with E-state index >= 15 is 0 Å². The van der Waals surface area contributed by atoms with Crippen molar-refractivity contribution >= 4 is 5.82 Å². The number of halogens is 1. The summed E-state index contributed by atoms with van der Waals surface area (Å²) in [6.45, 7) is 4.56. The molecule has 0 bridgehead atoms. The molecule has 1 aliphatic rings. The van der Waals surface area contributed by atoms with Gasteiger partial charge in [0.25, 0.3) is 0 Å². The second-order valence-corrected chi connectivity index (χ2v) is 5.33. The van der Waals surface area contributed by atoms with Crippen molar-refractivity contribution in [3.63, 3.8) is 0 Å². The zero-order chi connectivity index (χ0) is 11.6. The van der Waals surface area contributed by atoms with E-state index in [4.69, 9.17) is 0 Å². The molecule has 1 unspecified atom stereocenters. The Morgan fingerprint density at radius 3 is 2.94 bits per heavy atom. The van der Waals surface area contributed by atoms with E-state index in [0.717, 1.165) is 12.8 Å². The van der Waals surface area contributed by atoms with Gasteiger partial charge in [0.15, 0.2) is 0 Å². The molecule has 1 aromatic rings. The van der Waals surface area contributed by atoms with Gasteiger partial charge in [0, 0.05) is 12.1 Å². The molecule has 0 saturated heterocycles. The minimum absolute atomic E-state index is 0.376. The first kappa shape index (κ1) is 11.3. The second-order valence-electron chi connectivity index (χ2n) is 5.33. The molecule has 0 radical (unpaired) electrons. The van der Waals surface area contributed by atoms with E-state index in [-0.39, 0.29) is 0 Å². The topological polar surface area (TPSA) is 37.8 Å².